The van der Waals surface area contributed by atoms with Crippen LogP contribution in [-0.4, -0.2) is 44.1 Å². The van der Waals surface area contributed by atoms with E-state index in [1.807, 2.05) is 6.07 Å². The van der Waals surface area contributed by atoms with Crippen molar-refractivity contribution in [3.8, 4) is 0 Å². The fourth-order valence-corrected chi connectivity index (χ4v) is 3.87. The number of nitrogens with one attached hydrogen (secondary N) is 1. The smallest absolute Gasteiger partial charge is 0.280 e. The first-order chi connectivity index (χ1) is 11.9. The van der Waals surface area contributed by atoms with Gasteiger partial charge in [-0.05, 0) is 30.5 Å². The molecule has 134 valence electrons. The summed E-state index contributed by atoms with van der Waals surface area (Å²) in [6.07, 6.45) is 4.56. The predicted molar refractivity (Wildman–Crippen MR) is 93.0 cm³/mol. The number of aromatic nitrogens is 2. The lowest BCUT2D eigenvalue weighted by Crippen LogP contribution is -2.37. The van der Waals surface area contributed by atoms with Gasteiger partial charge in [-0.1, -0.05) is 6.07 Å². The number of hydrogen-bond acceptors (Lipinski definition) is 5. The molecule has 0 saturated carbocycles. The standard InChI is InChI=1S/C16H20N4O4S/c1-19-9-15(17-11-19)25(22,23)18-13-6-5-12-4-3-7-20(14(12)8-13)16(21)10-24-2/h5-6,8-9,11,18H,3-4,7,10H2,1-2H3. The number of benzene rings is 1. The van der Waals surface area contributed by atoms with Crippen LogP contribution in [0.25, 0.3) is 0 Å². The number of imidazole rings is 1. The number of methoxy groups -OCH3 is 1. The van der Waals surface area contributed by atoms with E-state index >= 15 is 0 Å². The number of amides is 1. The molecule has 1 aliphatic heterocycles. The Morgan fingerprint density at radius 3 is 2.88 bits per heavy atom. The second-order valence-electron chi connectivity index (χ2n) is 5.91. The fraction of sp³-hybridized carbons (Fsp3) is 0.375. The van der Waals surface area contributed by atoms with E-state index < -0.39 is 10.0 Å². The molecule has 1 aliphatic rings. The molecule has 0 spiro atoms. The van der Waals surface area contributed by atoms with Gasteiger partial charge in [-0.2, -0.15) is 8.42 Å². The van der Waals surface area contributed by atoms with Crippen LogP contribution in [-0.2, 0) is 33.0 Å². The van der Waals surface area contributed by atoms with E-state index in [0.29, 0.717) is 12.2 Å². The molecule has 0 unspecified atom stereocenters. The maximum absolute atomic E-state index is 12.4. The van der Waals surface area contributed by atoms with Gasteiger partial charge in [0.25, 0.3) is 15.9 Å². The van der Waals surface area contributed by atoms with Crippen molar-refractivity contribution in [1.29, 1.82) is 0 Å². The summed E-state index contributed by atoms with van der Waals surface area (Å²) in [7, 11) is -0.606. The Balaban J connectivity index is 1.89. The Hall–Kier alpha value is -2.39. The van der Waals surface area contributed by atoms with Crippen LogP contribution in [0.5, 0.6) is 0 Å². The third-order valence-corrected chi connectivity index (χ3v) is 5.25. The van der Waals surface area contributed by atoms with Crippen LogP contribution in [0.2, 0.25) is 0 Å². The summed E-state index contributed by atoms with van der Waals surface area (Å²) in [6, 6.07) is 5.23. The van der Waals surface area contributed by atoms with Crippen molar-refractivity contribution in [3.05, 3.63) is 36.3 Å². The first-order valence-corrected chi connectivity index (χ1v) is 9.32. The number of nitrogens with zero attached hydrogens (tertiary/aromatic N) is 3. The number of anilines is 2. The molecule has 1 aromatic carbocycles. The molecule has 2 heterocycles. The topological polar surface area (TPSA) is 93.5 Å². The minimum atomic E-state index is -3.78. The van der Waals surface area contributed by atoms with E-state index in [-0.39, 0.29) is 17.5 Å². The van der Waals surface area contributed by atoms with Crippen molar-refractivity contribution >= 4 is 27.3 Å². The largest absolute Gasteiger partial charge is 0.375 e. The minimum Gasteiger partial charge on any atom is -0.375 e. The van der Waals surface area contributed by atoms with Crippen molar-refractivity contribution in [1.82, 2.24) is 9.55 Å². The average molecular weight is 364 g/mol. The zero-order chi connectivity index (χ0) is 18.0. The first-order valence-electron chi connectivity index (χ1n) is 7.84. The summed E-state index contributed by atoms with van der Waals surface area (Å²) < 4.78 is 33.8. The molecule has 0 bridgehead atoms. The molecule has 2 aromatic rings. The quantitative estimate of drug-likeness (QED) is 0.859. The number of ether oxygens (including phenoxy) is 1. The molecule has 0 atom stereocenters. The summed E-state index contributed by atoms with van der Waals surface area (Å²) >= 11 is 0. The Bertz CT molecular complexity index is 891. The molecule has 0 aliphatic carbocycles. The lowest BCUT2D eigenvalue weighted by Gasteiger charge is -2.29. The lowest BCUT2D eigenvalue weighted by atomic mass is 10.0. The van der Waals surface area contributed by atoms with E-state index in [9.17, 15) is 13.2 Å². The normalized spacial score (nSPS) is 14.2. The van der Waals surface area contributed by atoms with Crippen molar-refractivity contribution in [2.75, 3.05) is 29.9 Å². The molecule has 25 heavy (non-hydrogen) atoms. The number of carbonyl (C=O) groups excluding carboxylic acids is 1. The van der Waals surface area contributed by atoms with Crippen LogP contribution >= 0.6 is 0 Å². The highest BCUT2D eigenvalue weighted by Gasteiger charge is 2.24. The predicted octanol–water partition coefficient (Wildman–Crippen LogP) is 1.15. The van der Waals surface area contributed by atoms with E-state index in [0.717, 1.165) is 24.1 Å². The van der Waals surface area contributed by atoms with Gasteiger partial charge in [0, 0.05) is 32.6 Å². The minimum absolute atomic E-state index is 0.0106. The van der Waals surface area contributed by atoms with Gasteiger partial charge in [-0.15, -0.1) is 0 Å². The highest BCUT2D eigenvalue weighted by Crippen LogP contribution is 2.31. The first kappa shape index (κ1) is 17.4. The van der Waals surface area contributed by atoms with Gasteiger partial charge in [-0.3, -0.25) is 9.52 Å². The molecular formula is C16H20N4O4S. The van der Waals surface area contributed by atoms with Crippen LogP contribution in [0.4, 0.5) is 11.4 Å². The number of rotatable bonds is 5. The van der Waals surface area contributed by atoms with E-state index in [1.54, 1.807) is 28.6 Å². The Labute approximate surface area is 146 Å². The van der Waals surface area contributed by atoms with Crippen molar-refractivity contribution < 1.29 is 17.9 Å². The van der Waals surface area contributed by atoms with Crippen LogP contribution < -0.4 is 9.62 Å². The fourth-order valence-electron chi connectivity index (χ4n) is 2.83. The molecule has 1 N–H and O–H groups in total. The third-order valence-electron chi connectivity index (χ3n) is 3.98. The van der Waals surface area contributed by atoms with Crippen LogP contribution in [0.15, 0.2) is 35.7 Å². The average Bonchev–Trinajstić information content (AvgIpc) is 3.01. The maximum Gasteiger partial charge on any atom is 0.280 e. The van der Waals surface area contributed by atoms with Crippen molar-refractivity contribution in [3.63, 3.8) is 0 Å². The second-order valence-corrected chi connectivity index (χ2v) is 7.54. The maximum atomic E-state index is 12.4. The molecule has 1 aromatic heterocycles. The van der Waals surface area contributed by atoms with E-state index in [1.165, 1.54) is 19.6 Å². The number of sulfonamides is 1. The summed E-state index contributed by atoms with van der Waals surface area (Å²) in [6.45, 7) is 0.578. The van der Waals surface area contributed by atoms with Crippen LogP contribution in [0, 0.1) is 0 Å². The van der Waals surface area contributed by atoms with Gasteiger partial charge in [0.15, 0.2) is 5.03 Å². The number of fused-ring (bicyclic) bond motifs is 1. The number of carbonyl (C=O) groups is 1. The molecule has 3 rings (SSSR count). The highest BCUT2D eigenvalue weighted by atomic mass is 32.2. The van der Waals surface area contributed by atoms with Gasteiger partial charge >= 0.3 is 0 Å². The summed E-state index contributed by atoms with van der Waals surface area (Å²) in [5.74, 6) is -0.145. The Kier molecular flexibility index (Phi) is 4.78. The van der Waals surface area contributed by atoms with Gasteiger partial charge in [0.1, 0.15) is 6.61 Å². The molecule has 0 radical (unpaired) electrons. The third kappa shape index (κ3) is 3.67. The summed E-state index contributed by atoms with van der Waals surface area (Å²) in [5.41, 5.74) is 2.12. The molecule has 0 fully saturated rings. The van der Waals surface area contributed by atoms with E-state index in [2.05, 4.69) is 9.71 Å². The molecule has 8 nitrogen and oxygen atoms in total. The second kappa shape index (κ2) is 6.85. The number of hydrogen-bond donors (Lipinski definition) is 1. The van der Waals surface area contributed by atoms with Crippen LogP contribution in [0.3, 0.4) is 0 Å². The highest BCUT2D eigenvalue weighted by molar-refractivity contribution is 7.92. The van der Waals surface area contributed by atoms with Gasteiger partial charge in [0.2, 0.25) is 0 Å². The van der Waals surface area contributed by atoms with E-state index in [4.69, 9.17) is 4.74 Å². The number of aryl methyl sites for hydroxylation is 2. The molecule has 9 heteroatoms. The monoisotopic (exact) mass is 364 g/mol. The lowest BCUT2D eigenvalue weighted by molar-refractivity contribution is -0.122. The summed E-state index contributed by atoms with van der Waals surface area (Å²) in [5, 5.41) is -0.0555. The van der Waals surface area contributed by atoms with Crippen molar-refractivity contribution in [2.45, 2.75) is 17.9 Å². The van der Waals surface area contributed by atoms with Crippen LogP contribution in [0.1, 0.15) is 12.0 Å². The zero-order valence-corrected chi connectivity index (χ0v) is 14.9. The van der Waals surface area contributed by atoms with Crippen molar-refractivity contribution in [2.24, 2.45) is 7.05 Å². The Morgan fingerprint density at radius 1 is 1.40 bits per heavy atom. The molecular weight excluding hydrogens is 344 g/mol. The van der Waals surface area contributed by atoms with Gasteiger partial charge in [0.05, 0.1) is 12.0 Å². The van der Waals surface area contributed by atoms with Gasteiger partial charge < -0.3 is 14.2 Å². The van der Waals surface area contributed by atoms with Gasteiger partial charge in [-0.25, -0.2) is 4.98 Å². The molecule has 0 saturated heterocycles. The zero-order valence-electron chi connectivity index (χ0n) is 14.1. The SMILES string of the molecule is COCC(=O)N1CCCc2ccc(NS(=O)(=O)c3cn(C)cn3)cc21. The molecule has 1 amide bonds. The summed E-state index contributed by atoms with van der Waals surface area (Å²) in [4.78, 5) is 17.7. The Morgan fingerprint density at radius 2 is 2.20 bits per heavy atom.